The number of aliphatic hydroxyl groups excluding tert-OH is 1. The monoisotopic (exact) mass is 508 g/mol. The van der Waals surface area contributed by atoms with E-state index in [2.05, 4.69) is 21.3 Å². The van der Waals surface area contributed by atoms with Gasteiger partial charge in [-0.3, -0.25) is 9.79 Å². The van der Waals surface area contributed by atoms with Gasteiger partial charge in [0.05, 0.1) is 19.8 Å². The summed E-state index contributed by atoms with van der Waals surface area (Å²) in [5, 5.41) is 12.3. The van der Waals surface area contributed by atoms with Crippen LogP contribution < -0.4 is 15.8 Å². The van der Waals surface area contributed by atoms with Gasteiger partial charge in [0.2, 0.25) is 0 Å². The van der Waals surface area contributed by atoms with Crippen molar-refractivity contribution in [2.24, 2.45) is 10.7 Å². The van der Waals surface area contributed by atoms with Gasteiger partial charge >= 0.3 is 0 Å². The van der Waals surface area contributed by atoms with Crippen LogP contribution in [0, 0.1) is 6.92 Å². The standard InChI is InChI=1S/C28H38N4O3.C2H6/c1-19-5-6-22(21-7-9-32(10-8-21)11-12-33)16-27(19)28(34)31-20(2)23-13-24(15-26(14-23)35-4)25(17-29)18-30-3;1-2/h5-6,13-18,20-21,33H,7-12,29H2,1-4H3,(H,31,34);1-2H3/b25-17+,30-18?;. The highest BCUT2D eigenvalue weighted by molar-refractivity contribution is 6.09. The number of nitrogens with two attached hydrogens (primary N) is 1. The Morgan fingerprint density at radius 3 is 2.54 bits per heavy atom. The van der Waals surface area contributed by atoms with Crippen molar-refractivity contribution >= 4 is 17.7 Å². The number of rotatable bonds is 9. The van der Waals surface area contributed by atoms with Crippen LogP contribution in [0.3, 0.4) is 0 Å². The molecule has 202 valence electrons. The van der Waals surface area contributed by atoms with E-state index < -0.39 is 0 Å². The molecule has 0 saturated carbocycles. The van der Waals surface area contributed by atoms with E-state index in [0.29, 0.717) is 17.2 Å². The molecule has 1 aliphatic rings. The number of benzene rings is 2. The number of nitrogens with one attached hydrogen (secondary N) is 1. The number of amides is 1. The van der Waals surface area contributed by atoms with Crippen LogP contribution in [0.5, 0.6) is 5.75 Å². The van der Waals surface area contributed by atoms with Gasteiger partial charge in [-0.25, -0.2) is 0 Å². The number of nitrogens with zero attached hydrogens (tertiary/aromatic N) is 2. The number of β-amino-alcohol motifs (C(OH)–C–C–N with tert-alkyl or cyclic N) is 1. The van der Waals surface area contributed by atoms with Crippen LogP contribution >= 0.6 is 0 Å². The number of likely N-dealkylation sites (tertiary alicyclic amines) is 1. The molecule has 1 fully saturated rings. The molecule has 37 heavy (non-hydrogen) atoms. The van der Waals surface area contributed by atoms with Crippen molar-refractivity contribution in [3.8, 4) is 5.75 Å². The first kappa shape index (κ1) is 30.1. The van der Waals surface area contributed by atoms with Crippen molar-refractivity contribution in [2.45, 2.75) is 52.5 Å². The number of carbonyl (C=O) groups is 1. The molecule has 1 atom stereocenters. The van der Waals surface area contributed by atoms with Crippen molar-refractivity contribution in [1.82, 2.24) is 10.2 Å². The number of aryl methyl sites for hydroxylation is 1. The number of aliphatic imine (C=N–C) groups is 1. The molecule has 0 bridgehead atoms. The molecule has 1 unspecified atom stereocenters. The van der Waals surface area contributed by atoms with Crippen molar-refractivity contribution in [3.05, 3.63) is 70.4 Å². The summed E-state index contributed by atoms with van der Waals surface area (Å²) in [4.78, 5) is 19.7. The maximum Gasteiger partial charge on any atom is 0.252 e. The van der Waals surface area contributed by atoms with Gasteiger partial charge in [-0.2, -0.15) is 0 Å². The van der Waals surface area contributed by atoms with Gasteiger partial charge in [0.25, 0.3) is 5.91 Å². The molecule has 1 amide bonds. The third-order valence-corrected chi connectivity index (χ3v) is 6.77. The van der Waals surface area contributed by atoms with Crippen LogP contribution in [0.4, 0.5) is 0 Å². The minimum atomic E-state index is -0.237. The summed E-state index contributed by atoms with van der Waals surface area (Å²) in [6, 6.07) is 11.8. The van der Waals surface area contributed by atoms with Crippen molar-refractivity contribution < 1.29 is 14.6 Å². The van der Waals surface area contributed by atoms with E-state index >= 15 is 0 Å². The second-order valence-corrected chi connectivity index (χ2v) is 9.11. The van der Waals surface area contributed by atoms with E-state index in [4.69, 9.17) is 10.5 Å². The van der Waals surface area contributed by atoms with Crippen LogP contribution in [0.2, 0.25) is 0 Å². The summed E-state index contributed by atoms with van der Waals surface area (Å²) in [6.07, 6.45) is 5.28. The van der Waals surface area contributed by atoms with Crippen molar-refractivity contribution in [1.29, 1.82) is 0 Å². The fourth-order valence-electron chi connectivity index (χ4n) is 4.64. The SMILES string of the molecule is CC.CN=C/C(=C\N)c1cc(OC)cc(C(C)NC(=O)c2cc(C3CCN(CCO)CC3)ccc2C)c1. The second-order valence-electron chi connectivity index (χ2n) is 9.11. The lowest BCUT2D eigenvalue weighted by atomic mass is 9.87. The van der Waals surface area contributed by atoms with Crippen molar-refractivity contribution in [2.75, 3.05) is 40.4 Å². The number of ether oxygens (including phenoxy) is 1. The molecular formula is C30H44N4O3. The average Bonchev–Trinajstić information content (AvgIpc) is 2.93. The lowest BCUT2D eigenvalue weighted by molar-refractivity contribution is 0.0939. The molecule has 1 heterocycles. The number of allylic oxidation sites excluding steroid dienone is 1. The largest absolute Gasteiger partial charge is 0.497 e. The van der Waals surface area contributed by atoms with Crippen LogP contribution in [0.1, 0.15) is 78.2 Å². The minimum Gasteiger partial charge on any atom is -0.497 e. The molecule has 3 rings (SSSR count). The topological polar surface area (TPSA) is 100 Å². The highest BCUT2D eigenvalue weighted by Crippen LogP contribution is 2.30. The maximum atomic E-state index is 13.3. The Labute approximate surface area is 222 Å². The molecule has 0 aliphatic carbocycles. The average molecular weight is 509 g/mol. The molecule has 7 heteroatoms. The Morgan fingerprint density at radius 1 is 1.24 bits per heavy atom. The number of methoxy groups -OCH3 is 1. The van der Waals surface area contributed by atoms with Gasteiger partial charge in [-0.05, 0) is 92.2 Å². The first-order chi connectivity index (χ1) is 17.9. The summed E-state index contributed by atoms with van der Waals surface area (Å²) in [5.74, 6) is 1.02. The predicted octanol–water partition coefficient (Wildman–Crippen LogP) is 4.69. The third-order valence-electron chi connectivity index (χ3n) is 6.77. The fourth-order valence-corrected chi connectivity index (χ4v) is 4.64. The van der Waals surface area contributed by atoms with Crippen LogP contribution in [0.25, 0.3) is 5.57 Å². The van der Waals surface area contributed by atoms with E-state index in [-0.39, 0.29) is 18.6 Å². The highest BCUT2D eigenvalue weighted by Gasteiger charge is 2.22. The molecule has 0 spiro atoms. The number of aliphatic hydroxyl groups is 1. The van der Waals surface area contributed by atoms with Crippen LogP contribution in [0.15, 0.2) is 47.6 Å². The molecular weight excluding hydrogens is 464 g/mol. The van der Waals surface area contributed by atoms with Crippen LogP contribution in [-0.4, -0.2) is 62.5 Å². The lowest BCUT2D eigenvalue weighted by Crippen LogP contribution is -2.35. The summed E-state index contributed by atoms with van der Waals surface area (Å²) in [6.45, 7) is 10.8. The maximum absolute atomic E-state index is 13.3. The van der Waals surface area contributed by atoms with Crippen LogP contribution in [-0.2, 0) is 0 Å². The summed E-state index contributed by atoms with van der Waals surface area (Å²) in [5.41, 5.74) is 11.2. The molecule has 7 nitrogen and oxygen atoms in total. The summed E-state index contributed by atoms with van der Waals surface area (Å²) >= 11 is 0. The number of hydrogen-bond acceptors (Lipinski definition) is 6. The number of carbonyl (C=O) groups excluding carboxylic acids is 1. The minimum absolute atomic E-state index is 0.0938. The molecule has 4 N–H and O–H groups in total. The molecule has 0 radical (unpaired) electrons. The number of piperidine rings is 1. The van der Waals surface area contributed by atoms with Gasteiger partial charge in [0, 0.05) is 37.1 Å². The Bertz CT molecular complexity index is 1070. The Morgan fingerprint density at radius 2 is 1.95 bits per heavy atom. The number of hydrogen-bond donors (Lipinski definition) is 3. The van der Waals surface area contributed by atoms with E-state index in [1.165, 1.54) is 11.8 Å². The third kappa shape index (κ3) is 8.17. The summed E-state index contributed by atoms with van der Waals surface area (Å²) in [7, 11) is 3.32. The quantitative estimate of drug-likeness (QED) is 0.427. The van der Waals surface area contributed by atoms with E-state index in [1.54, 1.807) is 20.4 Å². The molecule has 1 aliphatic heterocycles. The Kier molecular flexibility index (Phi) is 12.3. The zero-order valence-corrected chi connectivity index (χ0v) is 23.3. The lowest BCUT2D eigenvalue weighted by Gasteiger charge is -2.32. The van der Waals surface area contributed by atoms with E-state index in [0.717, 1.165) is 54.7 Å². The first-order valence-corrected chi connectivity index (χ1v) is 13.2. The fraction of sp³-hybridized carbons (Fsp3) is 0.467. The predicted molar refractivity (Wildman–Crippen MR) is 153 cm³/mol. The molecule has 2 aromatic carbocycles. The Hall–Kier alpha value is -3.16. The normalized spacial score (nSPS) is 15.7. The second kappa shape index (κ2) is 15.2. The highest BCUT2D eigenvalue weighted by atomic mass is 16.5. The molecule has 0 aromatic heterocycles. The molecule has 1 saturated heterocycles. The van der Waals surface area contributed by atoms with Gasteiger partial charge in [0.15, 0.2) is 0 Å². The van der Waals surface area contributed by atoms with Gasteiger partial charge < -0.3 is 25.8 Å². The first-order valence-electron chi connectivity index (χ1n) is 13.2. The van der Waals surface area contributed by atoms with E-state index in [1.807, 2.05) is 58.0 Å². The van der Waals surface area contributed by atoms with E-state index in [9.17, 15) is 9.90 Å². The van der Waals surface area contributed by atoms with Gasteiger partial charge in [-0.1, -0.05) is 26.0 Å². The van der Waals surface area contributed by atoms with Crippen molar-refractivity contribution in [3.63, 3.8) is 0 Å². The van der Waals surface area contributed by atoms with Gasteiger partial charge in [-0.15, -0.1) is 0 Å². The smallest absolute Gasteiger partial charge is 0.252 e. The van der Waals surface area contributed by atoms with Gasteiger partial charge in [0.1, 0.15) is 5.75 Å². The Balaban J connectivity index is 0.00000235. The molecule has 2 aromatic rings. The summed E-state index contributed by atoms with van der Waals surface area (Å²) < 4.78 is 5.49. The zero-order valence-electron chi connectivity index (χ0n) is 23.3. The zero-order chi connectivity index (χ0) is 27.4.